The lowest BCUT2D eigenvalue weighted by molar-refractivity contribution is -0.139. The minimum Gasteiger partial charge on any atom is -0.493 e. The Morgan fingerprint density at radius 2 is 1.84 bits per heavy atom. The molecule has 0 saturated carbocycles. The van der Waals surface area contributed by atoms with E-state index in [1.807, 2.05) is 50.2 Å². The topological polar surface area (TPSA) is 81.8 Å². The van der Waals surface area contributed by atoms with Crippen LogP contribution in [0.1, 0.15) is 39.0 Å². The molecule has 1 aromatic heterocycles. The third-order valence-corrected chi connectivity index (χ3v) is 4.21. The first-order valence-electron chi connectivity index (χ1n) is 10.6. The van der Waals surface area contributed by atoms with Gasteiger partial charge in [0.05, 0.1) is 12.3 Å². The van der Waals surface area contributed by atoms with Crippen molar-refractivity contribution in [1.29, 1.82) is 0 Å². The molecule has 0 saturated heterocycles. The number of nitrogens with zero attached hydrogens (tertiary/aromatic N) is 1. The number of oxazole rings is 1. The molecule has 3 aromatic rings. The highest BCUT2D eigenvalue weighted by molar-refractivity contribution is 5.68. The highest BCUT2D eigenvalue weighted by Gasteiger charge is 2.11. The molecular formula is C25H31NO5. The Labute approximate surface area is 183 Å². The Morgan fingerprint density at radius 1 is 1.10 bits per heavy atom. The van der Waals surface area contributed by atoms with E-state index in [9.17, 15) is 4.79 Å². The molecule has 0 radical (unpaired) electrons. The highest BCUT2D eigenvalue weighted by Crippen LogP contribution is 2.27. The summed E-state index contributed by atoms with van der Waals surface area (Å²) < 4.78 is 16.8. The monoisotopic (exact) mass is 425 g/mol. The summed E-state index contributed by atoms with van der Waals surface area (Å²) in [5.74, 6) is 1.31. The molecule has 0 aliphatic rings. The van der Waals surface area contributed by atoms with Crippen LogP contribution in [-0.4, -0.2) is 29.3 Å². The van der Waals surface area contributed by atoms with Crippen molar-refractivity contribution in [1.82, 2.24) is 4.98 Å². The van der Waals surface area contributed by atoms with Gasteiger partial charge in [-0.25, -0.2) is 9.78 Å². The van der Waals surface area contributed by atoms with Gasteiger partial charge in [0.25, 0.3) is 0 Å². The van der Waals surface area contributed by atoms with Crippen molar-refractivity contribution in [2.45, 2.75) is 40.5 Å². The summed E-state index contributed by atoms with van der Waals surface area (Å²) in [6.07, 6.45) is 3.04. The molecule has 1 heterocycles. The molecule has 166 valence electrons. The summed E-state index contributed by atoms with van der Waals surface area (Å²) >= 11 is 0. The summed E-state index contributed by atoms with van der Waals surface area (Å²) in [4.78, 5) is 15.3. The second-order valence-corrected chi connectivity index (χ2v) is 7.16. The van der Waals surface area contributed by atoms with Crippen molar-refractivity contribution < 1.29 is 23.8 Å². The number of carboxylic acids is 1. The lowest BCUT2D eigenvalue weighted by Crippen LogP contribution is -2.11. The van der Waals surface area contributed by atoms with Crippen LogP contribution in [0.5, 0.6) is 11.5 Å². The lowest BCUT2D eigenvalue weighted by Gasteiger charge is -2.14. The quantitative estimate of drug-likeness (QED) is 0.452. The van der Waals surface area contributed by atoms with Crippen molar-refractivity contribution in [3.8, 4) is 23.0 Å². The van der Waals surface area contributed by atoms with Gasteiger partial charge in [0.2, 0.25) is 5.89 Å². The van der Waals surface area contributed by atoms with Gasteiger partial charge in [0, 0.05) is 12.0 Å². The van der Waals surface area contributed by atoms with E-state index >= 15 is 0 Å². The highest BCUT2D eigenvalue weighted by atomic mass is 16.5. The zero-order chi connectivity index (χ0) is 22.6. The van der Waals surface area contributed by atoms with Gasteiger partial charge in [-0.15, -0.1) is 0 Å². The van der Waals surface area contributed by atoms with Crippen molar-refractivity contribution in [2.75, 3.05) is 13.2 Å². The number of aromatic nitrogens is 1. The Kier molecular flexibility index (Phi) is 9.62. The molecule has 0 bridgehead atoms. The molecule has 6 nitrogen and oxygen atoms in total. The molecule has 0 unspecified atom stereocenters. The maximum Gasteiger partial charge on any atom is 0.341 e. The predicted molar refractivity (Wildman–Crippen MR) is 121 cm³/mol. The molecule has 0 aliphatic heterocycles. The van der Waals surface area contributed by atoms with Crippen molar-refractivity contribution in [2.24, 2.45) is 5.92 Å². The average Bonchev–Trinajstić information content (AvgIpc) is 3.24. The minimum absolute atomic E-state index is 0.360. The van der Waals surface area contributed by atoms with Crippen LogP contribution in [0.2, 0.25) is 0 Å². The van der Waals surface area contributed by atoms with E-state index in [-0.39, 0.29) is 6.61 Å². The number of carboxylic acid groups (broad SMARTS) is 1. The lowest BCUT2D eigenvalue weighted by atomic mass is 10.0. The van der Waals surface area contributed by atoms with Gasteiger partial charge in [0.1, 0.15) is 17.8 Å². The summed E-state index contributed by atoms with van der Waals surface area (Å²) in [7, 11) is 0. The van der Waals surface area contributed by atoms with Crippen molar-refractivity contribution in [3.63, 3.8) is 0 Å². The predicted octanol–water partition coefficient (Wildman–Crippen LogP) is 5.65. The van der Waals surface area contributed by atoms with Gasteiger partial charge in [-0.05, 0) is 48.2 Å². The number of rotatable bonds is 10. The number of aliphatic carboxylic acids is 1. The van der Waals surface area contributed by atoms with Crippen LogP contribution in [0.3, 0.4) is 0 Å². The maximum absolute atomic E-state index is 10.8. The van der Waals surface area contributed by atoms with Crippen LogP contribution in [0.15, 0.2) is 59.2 Å². The number of ether oxygens (including phenoxy) is 2. The number of hydrogen-bond acceptors (Lipinski definition) is 5. The largest absolute Gasteiger partial charge is 0.493 e. The molecule has 0 spiro atoms. The fourth-order valence-electron chi connectivity index (χ4n) is 2.93. The zero-order valence-electron chi connectivity index (χ0n) is 18.6. The van der Waals surface area contributed by atoms with Crippen molar-refractivity contribution in [3.05, 3.63) is 66.1 Å². The molecule has 6 heteroatoms. The smallest absolute Gasteiger partial charge is 0.341 e. The van der Waals surface area contributed by atoms with Crippen LogP contribution in [0.25, 0.3) is 11.5 Å². The summed E-state index contributed by atoms with van der Waals surface area (Å²) in [5, 5.41) is 8.84. The summed E-state index contributed by atoms with van der Waals surface area (Å²) in [6, 6.07) is 15.2. The Morgan fingerprint density at radius 3 is 2.52 bits per heavy atom. The molecule has 1 N–H and O–H groups in total. The molecule has 3 rings (SSSR count). The second-order valence-electron chi connectivity index (χ2n) is 7.16. The SMILES string of the molecule is CC.CC(C)Cc1cc(OCCc2coc(-c3ccccc3)n2)ccc1OCC(=O)O. The number of hydrogen-bond donors (Lipinski definition) is 1. The van der Waals surface area contributed by atoms with E-state index in [1.54, 1.807) is 18.4 Å². The Hall–Kier alpha value is -3.28. The van der Waals surface area contributed by atoms with E-state index in [0.717, 1.165) is 29.0 Å². The van der Waals surface area contributed by atoms with Gasteiger partial charge in [-0.3, -0.25) is 0 Å². The van der Waals surface area contributed by atoms with Crippen LogP contribution < -0.4 is 9.47 Å². The Balaban J connectivity index is 0.00000166. The minimum atomic E-state index is -0.997. The molecule has 0 aliphatic carbocycles. The molecular weight excluding hydrogens is 394 g/mol. The first kappa shape index (κ1) is 24.0. The molecule has 31 heavy (non-hydrogen) atoms. The maximum atomic E-state index is 10.8. The van der Waals surface area contributed by atoms with Gasteiger partial charge in [-0.1, -0.05) is 45.9 Å². The third-order valence-electron chi connectivity index (χ3n) is 4.21. The van der Waals surface area contributed by atoms with E-state index in [2.05, 4.69) is 18.8 Å². The van der Waals surface area contributed by atoms with Crippen LogP contribution >= 0.6 is 0 Å². The van der Waals surface area contributed by atoms with Gasteiger partial charge < -0.3 is 19.0 Å². The normalized spacial score (nSPS) is 10.4. The number of carbonyl (C=O) groups is 1. The van der Waals surface area contributed by atoms with E-state index in [0.29, 0.717) is 30.6 Å². The molecule has 0 fully saturated rings. The van der Waals surface area contributed by atoms with E-state index in [1.165, 1.54) is 0 Å². The fourth-order valence-corrected chi connectivity index (χ4v) is 2.93. The van der Waals surface area contributed by atoms with E-state index in [4.69, 9.17) is 19.0 Å². The average molecular weight is 426 g/mol. The first-order chi connectivity index (χ1) is 15.0. The van der Waals surface area contributed by atoms with Crippen LogP contribution in [0.4, 0.5) is 0 Å². The first-order valence-corrected chi connectivity index (χ1v) is 10.6. The van der Waals surface area contributed by atoms with E-state index < -0.39 is 5.97 Å². The third kappa shape index (κ3) is 7.81. The zero-order valence-corrected chi connectivity index (χ0v) is 18.6. The molecule has 0 atom stereocenters. The Bertz CT molecular complexity index is 934. The number of benzene rings is 2. The standard InChI is InChI=1S/C23H25NO5.C2H6/c1-16(2)12-18-13-20(8-9-21(18)28-15-22(25)26)27-11-10-19-14-29-23(24-19)17-6-4-3-5-7-17;1-2/h3-9,13-14,16H,10-12,15H2,1-2H3,(H,25,26);1-2H3. The molecule has 2 aromatic carbocycles. The summed E-state index contributed by atoms with van der Waals surface area (Å²) in [6.45, 7) is 8.30. The van der Waals surface area contributed by atoms with Crippen LogP contribution in [-0.2, 0) is 17.6 Å². The van der Waals surface area contributed by atoms with Gasteiger partial charge in [-0.2, -0.15) is 0 Å². The van der Waals surface area contributed by atoms with Gasteiger partial charge >= 0.3 is 5.97 Å². The fraction of sp³-hybridized carbons (Fsp3) is 0.360. The molecule has 0 amide bonds. The van der Waals surface area contributed by atoms with Crippen LogP contribution in [0, 0.1) is 5.92 Å². The van der Waals surface area contributed by atoms with Gasteiger partial charge in [0.15, 0.2) is 6.61 Å². The van der Waals surface area contributed by atoms with Crippen molar-refractivity contribution >= 4 is 5.97 Å². The second kappa shape index (κ2) is 12.4. The summed E-state index contributed by atoms with van der Waals surface area (Å²) in [5.41, 5.74) is 2.70.